The van der Waals surface area contributed by atoms with Crippen LogP contribution in [0.2, 0.25) is 0 Å². The molecule has 3 rings (SSSR count). The fourth-order valence-electron chi connectivity index (χ4n) is 2.69. The minimum atomic E-state index is -0.252. The molecule has 5 heteroatoms. The average molecular weight is 324 g/mol. The van der Waals surface area contributed by atoms with Crippen LogP contribution in [0.4, 0.5) is 5.69 Å². The first-order valence-corrected chi connectivity index (χ1v) is 8.08. The van der Waals surface area contributed by atoms with Crippen LogP contribution in [0.15, 0.2) is 54.6 Å². The van der Waals surface area contributed by atoms with E-state index in [1.54, 1.807) is 29.2 Å². The lowest BCUT2D eigenvalue weighted by molar-refractivity contribution is -0.118. The number of nitrogens with zero attached hydrogens (tertiary/aromatic N) is 1. The van der Waals surface area contributed by atoms with Gasteiger partial charge in [-0.15, -0.1) is 0 Å². The van der Waals surface area contributed by atoms with Crippen molar-refractivity contribution in [3.05, 3.63) is 60.2 Å². The van der Waals surface area contributed by atoms with Gasteiger partial charge >= 0.3 is 0 Å². The zero-order valence-corrected chi connectivity index (χ0v) is 13.6. The van der Waals surface area contributed by atoms with Crippen LogP contribution >= 0.6 is 0 Å². The molecular formula is C19H20N2O3. The van der Waals surface area contributed by atoms with E-state index in [0.29, 0.717) is 17.9 Å². The topological polar surface area (TPSA) is 58.6 Å². The Bertz CT molecular complexity index is 730. The SMILES string of the molecule is CCC1CN(C(=O)CNC(=O)c2ccccc2)c2ccccc2O1. The van der Waals surface area contributed by atoms with E-state index in [1.807, 2.05) is 37.3 Å². The molecule has 1 aliphatic heterocycles. The summed E-state index contributed by atoms with van der Waals surface area (Å²) in [5.74, 6) is 0.310. The van der Waals surface area contributed by atoms with Crippen molar-refractivity contribution in [3.63, 3.8) is 0 Å². The Kier molecular flexibility index (Phi) is 4.79. The lowest BCUT2D eigenvalue weighted by atomic mass is 10.1. The van der Waals surface area contributed by atoms with Gasteiger partial charge < -0.3 is 15.0 Å². The van der Waals surface area contributed by atoms with Crippen LogP contribution in [-0.4, -0.2) is 31.0 Å². The number of nitrogens with one attached hydrogen (secondary N) is 1. The largest absolute Gasteiger partial charge is 0.486 e. The van der Waals surface area contributed by atoms with Crippen LogP contribution in [0.1, 0.15) is 23.7 Å². The molecule has 1 heterocycles. The van der Waals surface area contributed by atoms with E-state index in [9.17, 15) is 9.59 Å². The van der Waals surface area contributed by atoms with Crippen molar-refractivity contribution in [1.29, 1.82) is 0 Å². The second kappa shape index (κ2) is 7.17. The Morgan fingerprint density at radius 3 is 2.58 bits per heavy atom. The van der Waals surface area contributed by atoms with Crippen molar-refractivity contribution in [2.24, 2.45) is 0 Å². The van der Waals surface area contributed by atoms with E-state index in [-0.39, 0.29) is 24.5 Å². The van der Waals surface area contributed by atoms with Crippen LogP contribution in [0, 0.1) is 0 Å². The standard InChI is InChI=1S/C19H20N2O3/c1-2-15-13-21(16-10-6-7-11-17(16)24-15)18(22)12-20-19(23)14-8-4-3-5-9-14/h3-11,15H,2,12-13H2,1H3,(H,20,23). The minimum absolute atomic E-state index is 0.0336. The number of rotatable bonds is 4. The van der Waals surface area contributed by atoms with Gasteiger partial charge in [0.2, 0.25) is 5.91 Å². The number of benzene rings is 2. The molecular weight excluding hydrogens is 304 g/mol. The summed E-state index contributed by atoms with van der Waals surface area (Å²) in [5.41, 5.74) is 1.29. The highest BCUT2D eigenvalue weighted by Crippen LogP contribution is 2.33. The van der Waals surface area contributed by atoms with E-state index in [0.717, 1.165) is 12.1 Å². The molecule has 0 spiro atoms. The van der Waals surface area contributed by atoms with Crippen molar-refractivity contribution in [2.75, 3.05) is 18.0 Å². The Labute approximate surface area is 141 Å². The van der Waals surface area contributed by atoms with E-state index < -0.39 is 0 Å². The Hall–Kier alpha value is -2.82. The van der Waals surface area contributed by atoms with Gasteiger partial charge in [0.25, 0.3) is 5.91 Å². The quantitative estimate of drug-likeness (QED) is 0.940. The van der Waals surface area contributed by atoms with Gasteiger partial charge in [0.15, 0.2) is 0 Å². The van der Waals surface area contributed by atoms with Gasteiger partial charge in [-0.2, -0.15) is 0 Å². The lowest BCUT2D eigenvalue weighted by Crippen LogP contribution is -2.47. The molecule has 0 saturated carbocycles. The average Bonchev–Trinajstić information content (AvgIpc) is 2.65. The molecule has 1 unspecified atom stereocenters. The summed E-state index contributed by atoms with van der Waals surface area (Å²) >= 11 is 0. The zero-order valence-electron chi connectivity index (χ0n) is 13.6. The fourth-order valence-corrected chi connectivity index (χ4v) is 2.69. The van der Waals surface area contributed by atoms with Gasteiger partial charge in [-0.05, 0) is 30.7 Å². The molecule has 1 atom stereocenters. The number of hydrogen-bond acceptors (Lipinski definition) is 3. The zero-order chi connectivity index (χ0) is 16.9. The Balaban J connectivity index is 1.69. The normalized spacial score (nSPS) is 16.0. The molecule has 0 aliphatic carbocycles. The first kappa shape index (κ1) is 16.1. The van der Waals surface area contributed by atoms with Crippen LogP contribution in [-0.2, 0) is 4.79 Å². The monoisotopic (exact) mass is 324 g/mol. The highest BCUT2D eigenvalue weighted by Gasteiger charge is 2.28. The molecule has 2 aromatic rings. The Morgan fingerprint density at radius 1 is 1.12 bits per heavy atom. The van der Waals surface area contributed by atoms with Gasteiger partial charge in [-0.3, -0.25) is 9.59 Å². The number of fused-ring (bicyclic) bond motifs is 1. The van der Waals surface area contributed by atoms with E-state index in [2.05, 4.69) is 5.32 Å². The summed E-state index contributed by atoms with van der Waals surface area (Å²) in [6.45, 7) is 2.48. The van der Waals surface area contributed by atoms with Gasteiger partial charge in [0.05, 0.1) is 18.8 Å². The summed E-state index contributed by atoms with van der Waals surface area (Å²) in [4.78, 5) is 26.4. The third-order valence-electron chi connectivity index (χ3n) is 4.03. The first-order chi connectivity index (χ1) is 11.7. The summed E-state index contributed by atoms with van der Waals surface area (Å²) in [7, 11) is 0. The third kappa shape index (κ3) is 3.40. The van der Waals surface area contributed by atoms with Gasteiger partial charge in [-0.25, -0.2) is 0 Å². The second-order valence-corrected chi connectivity index (χ2v) is 5.67. The molecule has 5 nitrogen and oxygen atoms in total. The lowest BCUT2D eigenvalue weighted by Gasteiger charge is -2.34. The fraction of sp³-hybridized carbons (Fsp3) is 0.263. The molecule has 0 fully saturated rings. The van der Waals surface area contributed by atoms with Crippen LogP contribution in [0.3, 0.4) is 0 Å². The maximum absolute atomic E-state index is 12.6. The number of ether oxygens (including phenoxy) is 1. The van der Waals surface area contributed by atoms with Crippen molar-refractivity contribution >= 4 is 17.5 Å². The van der Waals surface area contributed by atoms with Crippen molar-refractivity contribution < 1.29 is 14.3 Å². The molecule has 0 bridgehead atoms. The highest BCUT2D eigenvalue weighted by molar-refractivity contribution is 6.01. The van der Waals surface area contributed by atoms with E-state index >= 15 is 0 Å². The van der Waals surface area contributed by atoms with Gasteiger partial charge in [0.1, 0.15) is 11.9 Å². The Morgan fingerprint density at radius 2 is 1.83 bits per heavy atom. The molecule has 1 N–H and O–H groups in total. The number of carbonyl (C=O) groups is 2. The van der Waals surface area contributed by atoms with E-state index in [1.165, 1.54) is 0 Å². The molecule has 0 aromatic heterocycles. The van der Waals surface area contributed by atoms with Crippen LogP contribution in [0.25, 0.3) is 0 Å². The molecule has 1 aliphatic rings. The molecule has 124 valence electrons. The highest BCUT2D eigenvalue weighted by atomic mass is 16.5. The third-order valence-corrected chi connectivity index (χ3v) is 4.03. The molecule has 24 heavy (non-hydrogen) atoms. The van der Waals surface area contributed by atoms with E-state index in [4.69, 9.17) is 4.74 Å². The summed E-state index contributed by atoms with van der Waals surface area (Å²) < 4.78 is 5.88. The molecule has 0 radical (unpaired) electrons. The molecule has 2 amide bonds. The minimum Gasteiger partial charge on any atom is -0.486 e. The van der Waals surface area contributed by atoms with Crippen LogP contribution in [0.5, 0.6) is 5.75 Å². The number of amides is 2. The summed E-state index contributed by atoms with van der Waals surface area (Å²) in [5, 5.41) is 2.69. The molecule has 0 saturated heterocycles. The number of carbonyl (C=O) groups excluding carboxylic acids is 2. The van der Waals surface area contributed by atoms with Crippen molar-refractivity contribution in [3.8, 4) is 5.75 Å². The number of anilines is 1. The van der Waals surface area contributed by atoms with Gasteiger partial charge in [-0.1, -0.05) is 37.3 Å². The second-order valence-electron chi connectivity index (χ2n) is 5.67. The number of hydrogen-bond donors (Lipinski definition) is 1. The predicted molar refractivity (Wildman–Crippen MR) is 92.3 cm³/mol. The predicted octanol–water partition coefficient (Wildman–Crippen LogP) is 2.62. The van der Waals surface area contributed by atoms with Crippen molar-refractivity contribution in [2.45, 2.75) is 19.4 Å². The summed E-state index contributed by atoms with van der Waals surface area (Å²) in [6.07, 6.45) is 0.780. The van der Waals surface area contributed by atoms with Gasteiger partial charge in [0, 0.05) is 5.56 Å². The summed E-state index contributed by atoms with van der Waals surface area (Å²) in [6, 6.07) is 16.3. The maximum Gasteiger partial charge on any atom is 0.251 e. The molecule has 2 aromatic carbocycles. The first-order valence-electron chi connectivity index (χ1n) is 8.08. The number of para-hydroxylation sites is 2. The van der Waals surface area contributed by atoms with Crippen molar-refractivity contribution in [1.82, 2.24) is 5.32 Å². The van der Waals surface area contributed by atoms with Crippen LogP contribution < -0.4 is 15.0 Å². The smallest absolute Gasteiger partial charge is 0.251 e. The maximum atomic E-state index is 12.6.